The van der Waals surface area contributed by atoms with Crippen LogP contribution in [-0.2, 0) is 10.0 Å². The highest BCUT2D eigenvalue weighted by Gasteiger charge is 2.31. The van der Waals surface area contributed by atoms with Crippen LogP contribution in [0.4, 0.5) is 5.69 Å². The molecule has 0 unspecified atom stereocenters. The number of sulfonamides is 1. The highest BCUT2D eigenvalue weighted by molar-refractivity contribution is 7.89. The van der Waals surface area contributed by atoms with Crippen molar-refractivity contribution in [2.45, 2.75) is 50.1 Å². The summed E-state index contributed by atoms with van der Waals surface area (Å²) in [4.78, 5) is 0.328. The van der Waals surface area contributed by atoms with Gasteiger partial charge in [0.2, 0.25) is 10.0 Å². The summed E-state index contributed by atoms with van der Waals surface area (Å²) >= 11 is 0. The van der Waals surface area contributed by atoms with Gasteiger partial charge in [-0.05, 0) is 57.4 Å². The van der Waals surface area contributed by atoms with Gasteiger partial charge in [-0.3, -0.25) is 0 Å². The molecule has 0 saturated heterocycles. The minimum Gasteiger partial charge on any atom is -0.381 e. The van der Waals surface area contributed by atoms with Crippen molar-refractivity contribution in [3.63, 3.8) is 0 Å². The Bertz CT molecular complexity index is 783. The fraction of sp³-hybridized carbons (Fsp3) is 0.368. The normalized spacial score (nSPS) is 20.9. The van der Waals surface area contributed by atoms with Gasteiger partial charge in [-0.1, -0.05) is 35.4 Å². The Morgan fingerprint density at radius 2 is 1.38 bits per heavy atom. The second-order valence-corrected chi connectivity index (χ2v) is 8.30. The SMILES string of the molecule is Cc1ccc(N[C@@H]2CCC[C@H]2NS(=O)(=O)c2ccc(C)cc2)cc1. The summed E-state index contributed by atoms with van der Waals surface area (Å²) < 4.78 is 28.1. The summed E-state index contributed by atoms with van der Waals surface area (Å²) in [5.74, 6) is 0. The van der Waals surface area contributed by atoms with Crippen molar-refractivity contribution in [1.82, 2.24) is 4.72 Å². The molecule has 0 bridgehead atoms. The molecule has 0 amide bonds. The molecule has 1 saturated carbocycles. The molecule has 0 heterocycles. The molecule has 0 aliphatic heterocycles. The first-order valence-electron chi connectivity index (χ1n) is 8.36. The van der Waals surface area contributed by atoms with Crippen molar-refractivity contribution in [3.05, 3.63) is 59.7 Å². The minimum atomic E-state index is -3.48. The standard InChI is InChI=1S/C19H24N2O2S/c1-14-6-10-16(11-7-14)20-18-4-3-5-19(18)21-24(22,23)17-12-8-15(2)9-13-17/h6-13,18-21H,3-5H2,1-2H3/t18-,19-/m1/s1. The fourth-order valence-corrected chi connectivity index (χ4v) is 4.43. The van der Waals surface area contributed by atoms with Gasteiger partial charge in [-0.15, -0.1) is 0 Å². The maximum atomic E-state index is 12.6. The van der Waals surface area contributed by atoms with Crippen LogP contribution in [-0.4, -0.2) is 20.5 Å². The average molecular weight is 344 g/mol. The first-order valence-corrected chi connectivity index (χ1v) is 9.84. The molecule has 1 aliphatic rings. The van der Waals surface area contributed by atoms with Crippen LogP contribution < -0.4 is 10.0 Å². The molecule has 128 valence electrons. The molecule has 2 aromatic rings. The van der Waals surface area contributed by atoms with Gasteiger partial charge in [0.1, 0.15) is 0 Å². The lowest BCUT2D eigenvalue weighted by molar-refractivity contribution is 0.535. The zero-order valence-corrected chi connectivity index (χ0v) is 14.9. The lowest BCUT2D eigenvalue weighted by Gasteiger charge is -2.23. The Balaban J connectivity index is 1.71. The maximum Gasteiger partial charge on any atom is 0.240 e. The van der Waals surface area contributed by atoms with Gasteiger partial charge >= 0.3 is 0 Å². The molecular weight excluding hydrogens is 320 g/mol. The summed E-state index contributed by atoms with van der Waals surface area (Å²) in [5, 5.41) is 3.47. The Morgan fingerprint density at radius 1 is 0.833 bits per heavy atom. The Hall–Kier alpha value is -1.85. The van der Waals surface area contributed by atoms with Gasteiger partial charge in [0.05, 0.1) is 4.90 Å². The fourth-order valence-electron chi connectivity index (χ4n) is 3.12. The molecule has 2 aromatic carbocycles. The Labute approximate surface area is 144 Å². The third-order valence-corrected chi connectivity index (χ3v) is 6.06. The third-order valence-electron chi connectivity index (χ3n) is 4.56. The van der Waals surface area contributed by atoms with E-state index in [1.165, 1.54) is 5.56 Å². The van der Waals surface area contributed by atoms with E-state index in [0.717, 1.165) is 30.5 Å². The van der Waals surface area contributed by atoms with Crippen LogP contribution in [0.3, 0.4) is 0 Å². The van der Waals surface area contributed by atoms with Crippen molar-refractivity contribution in [2.24, 2.45) is 0 Å². The van der Waals surface area contributed by atoms with Crippen molar-refractivity contribution in [3.8, 4) is 0 Å². The predicted octanol–water partition coefficient (Wildman–Crippen LogP) is 3.61. The van der Waals surface area contributed by atoms with Crippen LogP contribution in [0.25, 0.3) is 0 Å². The molecule has 1 aliphatic carbocycles. The van der Waals surface area contributed by atoms with Gasteiger partial charge in [-0.2, -0.15) is 0 Å². The number of nitrogens with one attached hydrogen (secondary N) is 2. The van der Waals surface area contributed by atoms with E-state index >= 15 is 0 Å². The predicted molar refractivity (Wildman–Crippen MR) is 97.7 cm³/mol. The highest BCUT2D eigenvalue weighted by Crippen LogP contribution is 2.25. The third kappa shape index (κ3) is 3.97. The average Bonchev–Trinajstić information content (AvgIpc) is 2.96. The molecule has 24 heavy (non-hydrogen) atoms. The zero-order valence-electron chi connectivity index (χ0n) is 14.1. The number of anilines is 1. The smallest absolute Gasteiger partial charge is 0.240 e. The van der Waals surface area contributed by atoms with E-state index in [2.05, 4.69) is 29.1 Å². The molecule has 0 aromatic heterocycles. The van der Waals surface area contributed by atoms with Gasteiger partial charge in [-0.25, -0.2) is 13.1 Å². The molecule has 5 heteroatoms. The lowest BCUT2D eigenvalue weighted by atomic mass is 10.1. The molecular formula is C19H24N2O2S. The topological polar surface area (TPSA) is 58.2 Å². The summed E-state index contributed by atoms with van der Waals surface area (Å²) in [5.41, 5.74) is 3.30. The van der Waals surface area contributed by atoms with E-state index in [9.17, 15) is 8.42 Å². The van der Waals surface area contributed by atoms with Gasteiger partial charge in [0.25, 0.3) is 0 Å². The van der Waals surface area contributed by atoms with Crippen molar-refractivity contribution >= 4 is 15.7 Å². The zero-order chi connectivity index (χ0) is 17.2. The van der Waals surface area contributed by atoms with Crippen LogP contribution in [0.1, 0.15) is 30.4 Å². The molecule has 0 radical (unpaired) electrons. The Kier molecular flexibility index (Phi) is 4.92. The summed E-state index contributed by atoms with van der Waals surface area (Å²) in [6, 6.07) is 15.2. The van der Waals surface area contributed by atoms with E-state index < -0.39 is 10.0 Å². The quantitative estimate of drug-likeness (QED) is 0.871. The van der Waals surface area contributed by atoms with Gasteiger partial charge in [0.15, 0.2) is 0 Å². The van der Waals surface area contributed by atoms with Gasteiger partial charge < -0.3 is 5.32 Å². The largest absolute Gasteiger partial charge is 0.381 e. The van der Waals surface area contributed by atoms with E-state index in [4.69, 9.17) is 0 Å². The van der Waals surface area contributed by atoms with Crippen molar-refractivity contribution in [2.75, 3.05) is 5.32 Å². The van der Waals surface area contributed by atoms with Crippen LogP contribution in [0, 0.1) is 13.8 Å². The number of hydrogen-bond acceptors (Lipinski definition) is 3. The highest BCUT2D eigenvalue weighted by atomic mass is 32.2. The second kappa shape index (κ2) is 6.95. The number of benzene rings is 2. The number of hydrogen-bond donors (Lipinski definition) is 2. The Morgan fingerprint density at radius 3 is 2.00 bits per heavy atom. The van der Waals surface area contributed by atoms with E-state index in [1.54, 1.807) is 12.1 Å². The molecule has 4 nitrogen and oxygen atoms in total. The molecule has 0 spiro atoms. The van der Waals surface area contributed by atoms with Crippen LogP contribution in [0.15, 0.2) is 53.4 Å². The molecule has 1 fully saturated rings. The van der Waals surface area contributed by atoms with Crippen molar-refractivity contribution < 1.29 is 8.42 Å². The van der Waals surface area contributed by atoms with E-state index in [0.29, 0.717) is 4.90 Å². The maximum absolute atomic E-state index is 12.6. The summed E-state index contributed by atoms with van der Waals surface area (Å²) in [7, 11) is -3.48. The second-order valence-electron chi connectivity index (χ2n) is 6.59. The van der Waals surface area contributed by atoms with Crippen molar-refractivity contribution in [1.29, 1.82) is 0 Å². The van der Waals surface area contributed by atoms with E-state index in [-0.39, 0.29) is 12.1 Å². The molecule has 2 N–H and O–H groups in total. The molecule has 3 rings (SSSR count). The van der Waals surface area contributed by atoms with Crippen LogP contribution in [0.2, 0.25) is 0 Å². The number of rotatable bonds is 5. The van der Waals surface area contributed by atoms with Crippen LogP contribution in [0.5, 0.6) is 0 Å². The minimum absolute atomic E-state index is 0.0855. The first kappa shape index (κ1) is 17.0. The summed E-state index contributed by atoms with van der Waals surface area (Å²) in [6.07, 6.45) is 2.84. The van der Waals surface area contributed by atoms with E-state index in [1.807, 2.05) is 31.2 Å². The number of aryl methyl sites for hydroxylation is 2. The monoisotopic (exact) mass is 344 g/mol. The first-order chi connectivity index (χ1) is 11.4. The lowest BCUT2D eigenvalue weighted by Crippen LogP contribution is -2.43. The van der Waals surface area contributed by atoms with Gasteiger partial charge in [0, 0.05) is 17.8 Å². The summed E-state index contributed by atoms with van der Waals surface area (Å²) in [6.45, 7) is 4.00. The van der Waals surface area contributed by atoms with Crippen LogP contribution >= 0.6 is 0 Å². The molecule has 2 atom stereocenters.